The second kappa shape index (κ2) is 4.99. The smallest absolute Gasteiger partial charge is 0.164 e. The van der Waals surface area contributed by atoms with Crippen LogP contribution in [0, 0.1) is 0 Å². The van der Waals surface area contributed by atoms with Crippen molar-refractivity contribution in [2.75, 3.05) is 27.9 Å². The molecule has 1 aliphatic heterocycles. The van der Waals surface area contributed by atoms with Gasteiger partial charge in [-0.05, 0) is 19.9 Å². The summed E-state index contributed by atoms with van der Waals surface area (Å²) in [7, 11) is 4.85. The van der Waals surface area contributed by atoms with Gasteiger partial charge in [0.15, 0.2) is 11.5 Å². The zero-order valence-electron chi connectivity index (χ0n) is 12.0. The van der Waals surface area contributed by atoms with Crippen molar-refractivity contribution in [2.45, 2.75) is 19.4 Å². The van der Waals surface area contributed by atoms with Crippen LogP contribution < -0.4 is 19.5 Å². The molecule has 0 bridgehead atoms. The molecule has 5 heteroatoms. The van der Waals surface area contributed by atoms with E-state index in [4.69, 9.17) is 14.2 Å². The third-order valence-electron chi connectivity index (χ3n) is 3.05. The van der Waals surface area contributed by atoms with Gasteiger partial charge in [-0.1, -0.05) is 0 Å². The largest absolute Gasteiger partial charge is 0.496 e. The van der Waals surface area contributed by atoms with E-state index >= 15 is 0 Å². The third-order valence-corrected chi connectivity index (χ3v) is 3.05. The fourth-order valence-corrected chi connectivity index (χ4v) is 2.04. The molecule has 2 rings (SSSR count). The molecule has 1 aliphatic rings. The van der Waals surface area contributed by atoms with Crippen LogP contribution in [0.2, 0.25) is 0 Å². The summed E-state index contributed by atoms with van der Waals surface area (Å²) in [6.07, 6.45) is 0. The number of amidine groups is 1. The van der Waals surface area contributed by atoms with Gasteiger partial charge in [0, 0.05) is 6.07 Å². The molecule has 0 aromatic heterocycles. The first-order valence-corrected chi connectivity index (χ1v) is 6.14. The predicted octanol–water partition coefficient (Wildman–Crippen LogP) is 1.84. The lowest BCUT2D eigenvalue weighted by Crippen LogP contribution is -2.39. The van der Waals surface area contributed by atoms with E-state index < -0.39 is 0 Å². The molecule has 0 aliphatic carbocycles. The van der Waals surface area contributed by atoms with Crippen LogP contribution in [0.4, 0.5) is 0 Å². The molecule has 0 saturated heterocycles. The molecule has 104 valence electrons. The standard InChI is InChI=1S/C14H20N2O3/c1-14(2)8-15-13(16-14)9-6-11(18-4)12(19-5)7-10(9)17-3/h6-7H,8H2,1-5H3,(H,15,16). The molecule has 1 heterocycles. The number of rotatable bonds is 4. The van der Waals surface area contributed by atoms with E-state index in [2.05, 4.69) is 24.2 Å². The number of hydrogen-bond acceptors (Lipinski definition) is 5. The molecule has 1 N–H and O–H groups in total. The molecule has 0 atom stereocenters. The quantitative estimate of drug-likeness (QED) is 0.901. The van der Waals surface area contributed by atoms with Crippen molar-refractivity contribution in [3.05, 3.63) is 17.7 Å². The van der Waals surface area contributed by atoms with E-state index in [1.165, 1.54) is 0 Å². The highest BCUT2D eigenvalue weighted by Gasteiger charge is 2.28. The average Bonchev–Trinajstić information content (AvgIpc) is 2.77. The van der Waals surface area contributed by atoms with Gasteiger partial charge in [0.25, 0.3) is 0 Å². The van der Waals surface area contributed by atoms with Crippen LogP contribution in [0.1, 0.15) is 19.4 Å². The van der Waals surface area contributed by atoms with E-state index in [0.717, 1.165) is 17.9 Å². The van der Waals surface area contributed by atoms with E-state index in [0.29, 0.717) is 17.2 Å². The Morgan fingerprint density at radius 1 is 1.00 bits per heavy atom. The Kier molecular flexibility index (Phi) is 3.55. The van der Waals surface area contributed by atoms with Gasteiger partial charge in [-0.25, -0.2) is 0 Å². The van der Waals surface area contributed by atoms with Gasteiger partial charge >= 0.3 is 0 Å². The third kappa shape index (κ3) is 2.59. The number of methoxy groups -OCH3 is 3. The highest BCUT2D eigenvalue weighted by atomic mass is 16.5. The molecule has 0 amide bonds. The summed E-state index contributed by atoms with van der Waals surface area (Å²) >= 11 is 0. The van der Waals surface area contributed by atoms with Crippen molar-refractivity contribution in [3.63, 3.8) is 0 Å². The van der Waals surface area contributed by atoms with Gasteiger partial charge in [0.1, 0.15) is 11.6 Å². The molecule has 1 aromatic rings. The van der Waals surface area contributed by atoms with Gasteiger partial charge in [-0.2, -0.15) is 0 Å². The first kappa shape index (κ1) is 13.5. The van der Waals surface area contributed by atoms with Crippen molar-refractivity contribution in [3.8, 4) is 17.2 Å². The lowest BCUT2D eigenvalue weighted by atomic mass is 10.1. The molecule has 0 fully saturated rings. The fourth-order valence-electron chi connectivity index (χ4n) is 2.04. The summed E-state index contributed by atoms with van der Waals surface area (Å²) in [5, 5.41) is 3.38. The van der Waals surface area contributed by atoms with Crippen molar-refractivity contribution in [2.24, 2.45) is 4.99 Å². The summed E-state index contributed by atoms with van der Waals surface area (Å²) in [5.74, 6) is 2.83. The number of nitrogens with one attached hydrogen (secondary N) is 1. The van der Waals surface area contributed by atoms with E-state index in [-0.39, 0.29) is 5.54 Å². The van der Waals surface area contributed by atoms with E-state index in [1.54, 1.807) is 21.3 Å². The molecule has 0 radical (unpaired) electrons. The molecule has 19 heavy (non-hydrogen) atoms. The lowest BCUT2D eigenvalue weighted by Gasteiger charge is -2.20. The molecular weight excluding hydrogens is 244 g/mol. The Bertz CT molecular complexity index is 510. The summed E-state index contributed by atoms with van der Waals surface area (Å²) < 4.78 is 16.0. The number of hydrogen-bond donors (Lipinski definition) is 1. The van der Waals surface area contributed by atoms with Crippen LogP contribution in [0.5, 0.6) is 17.2 Å². The van der Waals surface area contributed by atoms with Crippen molar-refractivity contribution < 1.29 is 14.2 Å². The van der Waals surface area contributed by atoms with E-state index in [9.17, 15) is 0 Å². The van der Waals surface area contributed by atoms with Crippen LogP contribution in [0.3, 0.4) is 0 Å². The Morgan fingerprint density at radius 3 is 2.05 bits per heavy atom. The predicted molar refractivity (Wildman–Crippen MR) is 74.7 cm³/mol. The minimum Gasteiger partial charge on any atom is -0.496 e. The second-order valence-electron chi connectivity index (χ2n) is 5.08. The highest BCUT2D eigenvalue weighted by Crippen LogP contribution is 2.35. The van der Waals surface area contributed by atoms with Gasteiger partial charge in [0.05, 0.1) is 39.0 Å². The number of benzene rings is 1. The van der Waals surface area contributed by atoms with Crippen molar-refractivity contribution in [1.29, 1.82) is 0 Å². The molecular formula is C14H20N2O3. The average molecular weight is 264 g/mol. The van der Waals surface area contributed by atoms with Gasteiger partial charge in [0.2, 0.25) is 0 Å². The maximum atomic E-state index is 5.41. The maximum Gasteiger partial charge on any atom is 0.164 e. The van der Waals surface area contributed by atoms with Gasteiger partial charge in [-0.3, -0.25) is 4.99 Å². The molecule has 0 unspecified atom stereocenters. The first-order valence-electron chi connectivity index (χ1n) is 6.14. The molecule has 0 spiro atoms. The normalized spacial score (nSPS) is 16.6. The SMILES string of the molecule is COc1cc(OC)c(C2=NCC(C)(C)N2)cc1OC. The van der Waals surface area contributed by atoms with E-state index in [1.807, 2.05) is 12.1 Å². The topological polar surface area (TPSA) is 52.1 Å². The Labute approximate surface area is 113 Å². The van der Waals surface area contributed by atoms with Crippen LogP contribution in [-0.4, -0.2) is 39.2 Å². The van der Waals surface area contributed by atoms with Crippen LogP contribution in [0.15, 0.2) is 17.1 Å². The summed E-state index contributed by atoms with van der Waals surface area (Å²) in [6.45, 7) is 4.95. The lowest BCUT2D eigenvalue weighted by molar-refractivity contribution is 0.348. The highest BCUT2D eigenvalue weighted by molar-refractivity contribution is 6.03. The number of ether oxygens (including phenoxy) is 3. The Hall–Kier alpha value is -1.91. The fraction of sp³-hybridized carbons (Fsp3) is 0.500. The minimum absolute atomic E-state index is 0.0342. The van der Waals surface area contributed by atoms with Crippen LogP contribution >= 0.6 is 0 Å². The van der Waals surface area contributed by atoms with Crippen molar-refractivity contribution >= 4 is 5.84 Å². The van der Waals surface area contributed by atoms with Crippen LogP contribution in [-0.2, 0) is 0 Å². The zero-order valence-corrected chi connectivity index (χ0v) is 12.0. The first-order chi connectivity index (χ1) is 9.00. The molecule has 1 aromatic carbocycles. The summed E-state index contributed by atoms with van der Waals surface area (Å²) in [5.41, 5.74) is 0.846. The van der Waals surface area contributed by atoms with Gasteiger partial charge in [-0.15, -0.1) is 0 Å². The van der Waals surface area contributed by atoms with Gasteiger partial charge < -0.3 is 19.5 Å². The second-order valence-corrected chi connectivity index (χ2v) is 5.08. The monoisotopic (exact) mass is 264 g/mol. The number of aliphatic imine (C=N–C) groups is 1. The summed E-state index contributed by atoms with van der Waals surface area (Å²) in [6, 6.07) is 3.69. The Morgan fingerprint density at radius 2 is 1.58 bits per heavy atom. The Balaban J connectivity index is 2.45. The molecule has 5 nitrogen and oxygen atoms in total. The van der Waals surface area contributed by atoms with Crippen LogP contribution in [0.25, 0.3) is 0 Å². The minimum atomic E-state index is -0.0342. The van der Waals surface area contributed by atoms with Crippen molar-refractivity contribution in [1.82, 2.24) is 5.32 Å². The summed E-state index contributed by atoms with van der Waals surface area (Å²) in [4.78, 5) is 4.53. The maximum absolute atomic E-state index is 5.41. The number of nitrogens with zero attached hydrogens (tertiary/aromatic N) is 1. The zero-order chi connectivity index (χ0) is 14.0. The molecule has 0 saturated carbocycles.